The van der Waals surface area contributed by atoms with E-state index in [0.29, 0.717) is 16.3 Å². The quantitative estimate of drug-likeness (QED) is 0.581. The second kappa shape index (κ2) is 8.53. The molecule has 0 aliphatic carbocycles. The summed E-state index contributed by atoms with van der Waals surface area (Å²) < 4.78 is 27.7. The Kier molecular flexibility index (Phi) is 6.09. The number of amides is 1. The Morgan fingerprint density at radius 3 is 2.14 bits per heavy atom. The molecule has 3 aromatic rings. The third-order valence-corrected chi connectivity index (χ3v) is 5.73. The van der Waals surface area contributed by atoms with Crippen molar-refractivity contribution in [2.75, 3.05) is 10.0 Å². The second-order valence-corrected chi connectivity index (χ2v) is 8.45. The van der Waals surface area contributed by atoms with E-state index in [4.69, 9.17) is 28.5 Å². The van der Waals surface area contributed by atoms with Crippen LogP contribution in [0.1, 0.15) is 15.9 Å². The number of anilines is 2. The Hall–Kier alpha value is -3.05. The van der Waals surface area contributed by atoms with E-state index in [2.05, 4.69) is 10.0 Å². The van der Waals surface area contributed by atoms with Crippen LogP contribution in [0, 0.1) is 11.3 Å². The van der Waals surface area contributed by atoms with E-state index < -0.39 is 15.9 Å². The van der Waals surface area contributed by atoms with Crippen molar-refractivity contribution in [2.24, 2.45) is 0 Å². The van der Waals surface area contributed by atoms with Crippen molar-refractivity contribution in [3.05, 3.63) is 87.9 Å². The predicted octanol–water partition coefficient (Wildman–Crippen LogP) is 4.92. The van der Waals surface area contributed by atoms with Gasteiger partial charge in [0.05, 0.1) is 27.8 Å². The minimum Gasteiger partial charge on any atom is -0.322 e. The number of benzene rings is 3. The van der Waals surface area contributed by atoms with E-state index in [-0.39, 0.29) is 21.2 Å². The van der Waals surface area contributed by atoms with Gasteiger partial charge in [-0.25, -0.2) is 8.42 Å². The van der Waals surface area contributed by atoms with Gasteiger partial charge in [-0.15, -0.1) is 0 Å². The summed E-state index contributed by atoms with van der Waals surface area (Å²) in [4.78, 5) is 12.7. The van der Waals surface area contributed by atoms with Gasteiger partial charge < -0.3 is 5.32 Å². The fourth-order valence-corrected chi connectivity index (χ4v) is 3.82. The molecule has 0 aliphatic heterocycles. The number of nitriles is 1. The van der Waals surface area contributed by atoms with Crippen molar-refractivity contribution in [1.82, 2.24) is 0 Å². The Morgan fingerprint density at radius 1 is 0.897 bits per heavy atom. The van der Waals surface area contributed by atoms with Gasteiger partial charge in [0.2, 0.25) is 0 Å². The van der Waals surface area contributed by atoms with Crippen LogP contribution in [0.5, 0.6) is 0 Å². The highest BCUT2D eigenvalue weighted by molar-refractivity contribution is 7.92. The monoisotopic (exact) mass is 445 g/mol. The molecule has 0 aromatic heterocycles. The molecule has 0 saturated carbocycles. The summed E-state index contributed by atoms with van der Waals surface area (Å²) in [6, 6.07) is 18.1. The number of rotatable bonds is 5. The molecule has 0 radical (unpaired) electrons. The Labute approximate surface area is 177 Å². The number of nitrogens with one attached hydrogen (secondary N) is 2. The lowest BCUT2D eigenvalue weighted by Crippen LogP contribution is -2.18. The van der Waals surface area contributed by atoms with E-state index in [1.165, 1.54) is 42.5 Å². The van der Waals surface area contributed by atoms with Crippen molar-refractivity contribution < 1.29 is 13.2 Å². The number of carbonyl (C=O) groups is 1. The molecule has 1 amide bonds. The third-order valence-electron chi connectivity index (χ3n) is 3.87. The van der Waals surface area contributed by atoms with Crippen LogP contribution in [-0.2, 0) is 10.0 Å². The first-order valence-corrected chi connectivity index (χ1v) is 10.4. The molecule has 3 aromatic carbocycles. The van der Waals surface area contributed by atoms with Gasteiger partial charge in [0.1, 0.15) is 0 Å². The van der Waals surface area contributed by atoms with Crippen LogP contribution in [-0.4, -0.2) is 14.3 Å². The molecule has 29 heavy (non-hydrogen) atoms. The molecule has 0 fully saturated rings. The highest BCUT2D eigenvalue weighted by Gasteiger charge is 2.19. The van der Waals surface area contributed by atoms with E-state index in [1.807, 2.05) is 6.07 Å². The van der Waals surface area contributed by atoms with Crippen molar-refractivity contribution in [2.45, 2.75) is 4.90 Å². The van der Waals surface area contributed by atoms with Crippen molar-refractivity contribution in [3.8, 4) is 6.07 Å². The fraction of sp³-hybridized carbons (Fsp3) is 0. The fourth-order valence-electron chi connectivity index (χ4n) is 2.44. The third kappa shape index (κ3) is 5.06. The number of hydrogen-bond donors (Lipinski definition) is 2. The summed E-state index contributed by atoms with van der Waals surface area (Å²) in [5.74, 6) is -0.564. The number of halogens is 2. The number of carbonyl (C=O) groups excluding carboxylic acids is 1. The first-order chi connectivity index (χ1) is 13.8. The smallest absolute Gasteiger partial charge is 0.261 e. The van der Waals surface area contributed by atoms with Crippen LogP contribution < -0.4 is 10.0 Å². The molecule has 0 atom stereocenters. The molecule has 0 unspecified atom stereocenters. The zero-order chi connectivity index (χ0) is 21.0. The highest BCUT2D eigenvalue weighted by Crippen LogP contribution is 2.25. The molecule has 3 rings (SSSR count). The lowest BCUT2D eigenvalue weighted by Gasteiger charge is -2.13. The molecule has 0 heterocycles. The van der Waals surface area contributed by atoms with Gasteiger partial charge in [0.25, 0.3) is 15.9 Å². The standard InChI is InChI=1S/C20H13Cl2N3O3S/c21-14-3-8-17(9-4-14)29(27,28)25-19-10-5-15(22)11-18(19)20(26)24-16-6-1-13(12-23)2-7-16/h1-11,25H,(H,24,26). The highest BCUT2D eigenvalue weighted by atomic mass is 35.5. The maximum atomic E-state index is 12.7. The zero-order valence-corrected chi connectivity index (χ0v) is 17.0. The predicted molar refractivity (Wildman–Crippen MR) is 113 cm³/mol. The molecule has 6 nitrogen and oxygen atoms in total. The summed E-state index contributed by atoms with van der Waals surface area (Å²) in [5, 5.41) is 12.2. The maximum Gasteiger partial charge on any atom is 0.261 e. The van der Waals surface area contributed by atoms with Gasteiger partial charge in [0, 0.05) is 15.7 Å². The molecular weight excluding hydrogens is 433 g/mol. The summed E-state index contributed by atoms with van der Waals surface area (Å²) in [6.07, 6.45) is 0. The molecule has 9 heteroatoms. The zero-order valence-electron chi connectivity index (χ0n) is 14.7. The molecule has 2 N–H and O–H groups in total. The molecule has 146 valence electrons. The van der Waals surface area contributed by atoms with Crippen LogP contribution in [0.15, 0.2) is 71.6 Å². The maximum absolute atomic E-state index is 12.7. The van der Waals surface area contributed by atoms with Crippen LogP contribution in [0.3, 0.4) is 0 Å². The van der Waals surface area contributed by atoms with E-state index >= 15 is 0 Å². The summed E-state index contributed by atoms with van der Waals surface area (Å²) in [6.45, 7) is 0. The van der Waals surface area contributed by atoms with E-state index in [9.17, 15) is 13.2 Å². The normalized spacial score (nSPS) is 10.8. The van der Waals surface area contributed by atoms with Gasteiger partial charge in [-0.05, 0) is 66.7 Å². The van der Waals surface area contributed by atoms with Crippen LogP contribution in [0.25, 0.3) is 0 Å². The topological polar surface area (TPSA) is 99.1 Å². The first kappa shape index (κ1) is 20.7. The number of nitrogens with zero attached hydrogens (tertiary/aromatic N) is 1. The Morgan fingerprint density at radius 2 is 1.52 bits per heavy atom. The van der Waals surface area contributed by atoms with Gasteiger partial charge in [-0.2, -0.15) is 5.26 Å². The van der Waals surface area contributed by atoms with Crippen molar-refractivity contribution >= 4 is 50.5 Å². The molecular formula is C20H13Cl2N3O3S. The average molecular weight is 446 g/mol. The minimum absolute atomic E-state index is 0.00435. The van der Waals surface area contributed by atoms with Crippen LogP contribution >= 0.6 is 23.2 Å². The lowest BCUT2D eigenvalue weighted by atomic mass is 10.1. The van der Waals surface area contributed by atoms with E-state index in [1.54, 1.807) is 24.3 Å². The van der Waals surface area contributed by atoms with Gasteiger partial charge in [-0.3, -0.25) is 9.52 Å². The second-order valence-electron chi connectivity index (χ2n) is 5.89. The Bertz CT molecular complexity index is 1200. The van der Waals surface area contributed by atoms with Crippen LogP contribution in [0.4, 0.5) is 11.4 Å². The SMILES string of the molecule is N#Cc1ccc(NC(=O)c2cc(Cl)ccc2NS(=O)(=O)c2ccc(Cl)cc2)cc1. The molecule has 0 bridgehead atoms. The van der Waals surface area contributed by atoms with Crippen molar-refractivity contribution in [3.63, 3.8) is 0 Å². The van der Waals surface area contributed by atoms with Gasteiger partial charge >= 0.3 is 0 Å². The number of hydrogen-bond acceptors (Lipinski definition) is 4. The summed E-state index contributed by atoms with van der Waals surface area (Å²) in [7, 11) is -3.95. The van der Waals surface area contributed by atoms with Gasteiger partial charge in [0.15, 0.2) is 0 Å². The van der Waals surface area contributed by atoms with Crippen LogP contribution in [0.2, 0.25) is 10.0 Å². The lowest BCUT2D eigenvalue weighted by molar-refractivity contribution is 0.102. The first-order valence-electron chi connectivity index (χ1n) is 8.18. The Balaban J connectivity index is 1.89. The average Bonchev–Trinajstić information content (AvgIpc) is 2.70. The number of sulfonamides is 1. The summed E-state index contributed by atoms with van der Waals surface area (Å²) in [5.41, 5.74) is 0.998. The molecule has 0 spiro atoms. The summed E-state index contributed by atoms with van der Waals surface area (Å²) >= 11 is 11.8. The molecule has 0 aliphatic rings. The molecule has 0 saturated heterocycles. The van der Waals surface area contributed by atoms with E-state index in [0.717, 1.165) is 0 Å². The van der Waals surface area contributed by atoms with Gasteiger partial charge in [-0.1, -0.05) is 23.2 Å². The largest absolute Gasteiger partial charge is 0.322 e. The minimum atomic E-state index is -3.95. The van der Waals surface area contributed by atoms with Crippen molar-refractivity contribution in [1.29, 1.82) is 5.26 Å².